The Hall–Kier alpha value is -3.59. The molecule has 0 spiro atoms. The summed E-state index contributed by atoms with van der Waals surface area (Å²) in [7, 11) is 0. The van der Waals surface area contributed by atoms with Crippen molar-refractivity contribution in [3.63, 3.8) is 0 Å². The van der Waals surface area contributed by atoms with Gasteiger partial charge in [0.1, 0.15) is 17.7 Å². The molecule has 3 rings (SSSR count). The van der Waals surface area contributed by atoms with Crippen LogP contribution in [-0.2, 0) is 19.1 Å². The number of hydrogen-bond donors (Lipinski definition) is 3. The predicted molar refractivity (Wildman–Crippen MR) is 150 cm³/mol. The van der Waals surface area contributed by atoms with Crippen LogP contribution in [0.2, 0.25) is 5.02 Å². The fraction of sp³-hybridized carbons (Fsp3) is 0.448. The van der Waals surface area contributed by atoms with Crippen LogP contribution in [0, 0.1) is 12.8 Å². The predicted octanol–water partition coefficient (Wildman–Crippen LogP) is 4.72. The minimum Gasteiger partial charge on any atom is -0.444 e. The fourth-order valence-electron chi connectivity index (χ4n) is 4.40. The number of carbonyl (C=O) groups is 4. The quantitative estimate of drug-likeness (QED) is 0.389. The third-order valence-electron chi connectivity index (χ3n) is 6.46. The lowest BCUT2D eigenvalue weighted by Gasteiger charge is -2.35. The van der Waals surface area contributed by atoms with Crippen molar-refractivity contribution in [1.82, 2.24) is 10.2 Å². The van der Waals surface area contributed by atoms with Crippen molar-refractivity contribution in [2.45, 2.75) is 77.6 Å². The van der Waals surface area contributed by atoms with E-state index in [9.17, 15) is 19.2 Å². The Morgan fingerprint density at radius 1 is 1.10 bits per heavy atom. The van der Waals surface area contributed by atoms with Crippen molar-refractivity contribution in [3.8, 4) is 0 Å². The van der Waals surface area contributed by atoms with Gasteiger partial charge < -0.3 is 26.0 Å². The van der Waals surface area contributed by atoms with Gasteiger partial charge in [-0.25, -0.2) is 4.79 Å². The second-order valence-corrected chi connectivity index (χ2v) is 11.4. The van der Waals surface area contributed by atoms with E-state index < -0.39 is 41.5 Å². The van der Waals surface area contributed by atoms with E-state index in [4.69, 9.17) is 22.1 Å². The third kappa shape index (κ3) is 8.20. The summed E-state index contributed by atoms with van der Waals surface area (Å²) in [6.45, 7) is 8.94. The number of rotatable bonds is 10. The second kappa shape index (κ2) is 12.5. The molecule has 0 bridgehead atoms. The number of ether oxygens (including phenoxy) is 1. The normalized spacial score (nSPS) is 17.9. The van der Waals surface area contributed by atoms with E-state index in [0.717, 1.165) is 5.56 Å². The zero-order chi connectivity index (χ0) is 28.9. The first-order valence-corrected chi connectivity index (χ1v) is 13.4. The number of benzene rings is 2. The average molecular weight is 557 g/mol. The maximum atomic E-state index is 14.2. The van der Waals surface area contributed by atoms with E-state index in [1.54, 1.807) is 57.2 Å². The van der Waals surface area contributed by atoms with Crippen LogP contribution in [0.15, 0.2) is 48.5 Å². The summed E-state index contributed by atoms with van der Waals surface area (Å²) in [5, 5.41) is 5.90. The first-order chi connectivity index (χ1) is 18.3. The number of alkyl carbamates (subject to hydrolysis) is 1. The zero-order valence-corrected chi connectivity index (χ0v) is 23.7. The van der Waals surface area contributed by atoms with Gasteiger partial charge in [-0.15, -0.1) is 0 Å². The van der Waals surface area contributed by atoms with Gasteiger partial charge in [0, 0.05) is 12.5 Å². The second-order valence-electron chi connectivity index (χ2n) is 11.0. The first kappa shape index (κ1) is 30.0. The topological polar surface area (TPSA) is 131 Å². The lowest BCUT2D eigenvalue weighted by molar-refractivity contribution is -0.142. The Morgan fingerprint density at radius 3 is 2.28 bits per heavy atom. The molecule has 0 heterocycles. The monoisotopic (exact) mass is 556 g/mol. The van der Waals surface area contributed by atoms with E-state index in [2.05, 4.69) is 10.6 Å². The minimum absolute atomic E-state index is 0.0439. The molecule has 4 unspecified atom stereocenters. The van der Waals surface area contributed by atoms with Crippen LogP contribution >= 0.6 is 11.6 Å². The number of amides is 4. The molecule has 4 N–H and O–H groups in total. The van der Waals surface area contributed by atoms with Crippen LogP contribution in [0.3, 0.4) is 0 Å². The molecule has 4 amide bonds. The fourth-order valence-corrected chi connectivity index (χ4v) is 4.67. The van der Waals surface area contributed by atoms with Crippen LogP contribution in [0.1, 0.15) is 64.1 Å². The molecule has 10 heteroatoms. The number of para-hydroxylation sites is 1. The highest BCUT2D eigenvalue weighted by Crippen LogP contribution is 2.41. The molecule has 39 heavy (non-hydrogen) atoms. The lowest BCUT2D eigenvalue weighted by Crippen LogP contribution is -2.53. The highest BCUT2D eigenvalue weighted by atomic mass is 35.5. The molecule has 9 nitrogen and oxygen atoms in total. The van der Waals surface area contributed by atoms with Crippen molar-refractivity contribution < 1.29 is 23.9 Å². The molecule has 1 saturated carbocycles. The van der Waals surface area contributed by atoms with Gasteiger partial charge in [0.15, 0.2) is 0 Å². The van der Waals surface area contributed by atoms with Gasteiger partial charge in [-0.1, -0.05) is 61.0 Å². The van der Waals surface area contributed by atoms with Gasteiger partial charge in [0.05, 0.1) is 10.7 Å². The highest BCUT2D eigenvalue weighted by Gasteiger charge is 2.48. The van der Waals surface area contributed by atoms with E-state index in [1.807, 2.05) is 26.0 Å². The number of aryl methyl sites for hydroxylation is 1. The number of halogens is 1. The Bertz CT molecular complexity index is 1190. The zero-order valence-electron chi connectivity index (χ0n) is 23.0. The molecule has 1 aliphatic rings. The van der Waals surface area contributed by atoms with Crippen molar-refractivity contribution in [2.24, 2.45) is 11.7 Å². The highest BCUT2D eigenvalue weighted by molar-refractivity contribution is 6.34. The van der Waals surface area contributed by atoms with Crippen LogP contribution in [-0.4, -0.2) is 46.4 Å². The van der Waals surface area contributed by atoms with Gasteiger partial charge in [-0.05, 0) is 63.6 Å². The Morgan fingerprint density at radius 2 is 1.74 bits per heavy atom. The molecule has 4 atom stereocenters. The van der Waals surface area contributed by atoms with E-state index in [-0.39, 0.29) is 24.8 Å². The molecule has 1 aliphatic carbocycles. The molecule has 0 aromatic heterocycles. The van der Waals surface area contributed by atoms with E-state index >= 15 is 0 Å². The molecule has 1 fully saturated rings. The third-order valence-corrected chi connectivity index (χ3v) is 6.77. The van der Waals surface area contributed by atoms with E-state index in [0.29, 0.717) is 22.7 Å². The average Bonchev–Trinajstić information content (AvgIpc) is 3.56. The van der Waals surface area contributed by atoms with Crippen molar-refractivity contribution in [1.29, 1.82) is 0 Å². The molecule has 2 aromatic rings. The van der Waals surface area contributed by atoms with Gasteiger partial charge in [-0.3, -0.25) is 14.4 Å². The molecular weight excluding hydrogens is 520 g/mol. The van der Waals surface area contributed by atoms with Crippen molar-refractivity contribution in [3.05, 3.63) is 64.7 Å². The Balaban J connectivity index is 2.02. The number of carbonyl (C=O) groups excluding carboxylic acids is 4. The van der Waals surface area contributed by atoms with Gasteiger partial charge in [0.2, 0.25) is 11.8 Å². The largest absolute Gasteiger partial charge is 0.444 e. The Kier molecular flexibility index (Phi) is 9.61. The molecule has 0 saturated heterocycles. The van der Waals surface area contributed by atoms with Crippen molar-refractivity contribution in [2.75, 3.05) is 5.32 Å². The smallest absolute Gasteiger partial charge is 0.408 e. The lowest BCUT2D eigenvalue weighted by atomic mass is 10.0. The van der Waals surface area contributed by atoms with Gasteiger partial charge in [-0.2, -0.15) is 0 Å². The molecule has 0 aliphatic heterocycles. The number of nitrogens with zero attached hydrogens (tertiary/aromatic N) is 1. The standard InChI is InChI=1S/C29H37ClN4O5/c1-17-10-9-13-20(30)24(17)33-26(36)25(19-11-7-6-8-12-19)34(22-16-18(22)2)27(37)21(14-15-23(31)35)32-28(38)39-29(3,4)5/h6-13,18,21-22,25H,14-16H2,1-5H3,(H2,31,35)(H,32,38)(H,33,36). The number of anilines is 1. The summed E-state index contributed by atoms with van der Waals surface area (Å²) in [5.41, 5.74) is 6.39. The van der Waals surface area contributed by atoms with Crippen LogP contribution in [0.5, 0.6) is 0 Å². The summed E-state index contributed by atoms with van der Waals surface area (Å²) in [6.07, 6.45) is -0.303. The minimum atomic E-state index is -1.14. The number of nitrogens with one attached hydrogen (secondary N) is 2. The molecule has 210 valence electrons. The summed E-state index contributed by atoms with van der Waals surface area (Å²) in [5.74, 6) is -1.43. The summed E-state index contributed by atoms with van der Waals surface area (Å²) < 4.78 is 5.37. The Labute approximate surface area is 234 Å². The summed E-state index contributed by atoms with van der Waals surface area (Å²) in [6, 6.07) is 11.8. The summed E-state index contributed by atoms with van der Waals surface area (Å²) in [4.78, 5) is 53.9. The van der Waals surface area contributed by atoms with Crippen LogP contribution in [0.25, 0.3) is 0 Å². The number of nitrogens with two attached hydrogens (primary N) is 1. The summed E-state index contributed by atoms with van der Waals surface area (Å²) >= 11 is 6.40. The number of primary amides is 1. The van der Waals surface area contributed by atoms with E-state index in [1.165, 1.54) is 4.90 Å². The molecule has 2 aromatic carbocycles. The van der Waals surface area contributed by atoms with Gasteiger partial charge in [0.25, 0.3) is 5.91 Å². The first-order valence-electron chi connectivity index (χ1n) is 13.0. The van der Waals surface area contributed by atoms with Crippen LogP contribution in [0.4, 0.5) is 10.5 Å². The molecule has 0 radical (unpaired) electrons. The SMILES string of the molecule is Cc1cccc(Cl)c1NC(=O)C(c1ccccc1)N(C(=O)C(CCC(N)=O)NC(=O)OC(C)(C)C)C1CC1C. The van der Waals surface area contributed by atoms with Gasteiger partial charge >= 0.3 is 6.09 Å². The number of hydrogen-bond acceptors (Lipinski definition) is 5. The molecular formula is C29H37ClN4O5. The maximum absolute atomic E-state index is 14.2. The maximum Gasteiger partial charge on any atom is 0.408 e. The van der Waals surface area contributed by atoms with Crippen LogP contribution < -0.4 is 16.4 Å². The van der Waals surface area contributed by atoms with Crippen molar-refractivity contribution >= 4 is 41.1 Å².